The number of nitrogens with one attached hydrogen (secondary N) is 1. The maximum absolute atomic E-state index is 11.8. The van der Waals surface area contributed by atoms with Crippen LogP contribution in [0.1, 0.15) is 25.0 Å². The smallest absolute Gasteiger partial charge is 0.344 e. The van der Waals surface area contributed by atoms with Crippen LogP contribution in [0, 0.1) is 0 Å². The molecular formula is C21H24N2O4. The van der Waals surface area contributed by atoms with Crippen molar-refractivity contribution in [2.75, 3.05) is 13.2 Å². The lowest BCUT2D eigenvalue weighted by molar-refractivity contribution is -0.149. The van der Waals surface area contributed by atoms with Crippen LogP contribution in [0.2, 0.25) is 0 Å². The average Bonchev–Trinajstić information content (AvgIpc) is 2.65. The second-order valence-corrected chi connectivity index (χ2v) is 6.14. The molecule has 1 N–H and O–H groups in total. The van der Waals surface area contributed by atoms with E-state index in [1.54, 1.807) is 38.4 Å². The maximum Gasteiger partial charge on any atom is 0.344 e. The molecule has 6 nitrogen and oxygen atoms in total. The standard InChI is InChI=1S/C21H24N2O4/c1-16(2)27-21(25)15-26-19-7-3-5-17(13-19)10-12-23-20(24)9-8-18-6-4-11-22-14-18/h3-9,11,13-14,16H,10,12,15H2,1-2H3,(H,23,24). The van der Waals surface area contributed by atoms with Crippen LogP contribution in [0.3, 0.4) is 0 Å². The molecule has 142 valence electrons. The van der Waals surface area contributed by atoms with Crippen molar-refractivity contribution in [3.63, 3.8) is 0 Å². The van der Waals surface area contributed by atoms with Gasteiger partial charge in [0, 0.05) is 25.0 Å². The molecule has 27 heavy (non-hydrogen) atoms. The first kappa shape index (κ1) is 20.2. The highest BCUT2D eigenvalue weighted by atomic mass is 16.6. The highest BCUT2D eigenvalue weighted by Crippen LogP contribution is 2.13. The van der Waals surface area contributed by atoms with Crippen molar-refractivity contribution in [2.24, 2.45) is 0 Å². The lowest BCUT2D eigenvalue weighted by Gasteiger charge is -2.10. The predicted octanol–water partition coefficient (Wildman–Crippen LogP) is 2.78. The Labute approximate surface area is 159 Å². The normalized spacial score (nSPS) is 10.8. The number of benzene rings is 1. The summed E-state index contributed by atoms with van der Waals surface area (Å²) in [5.41, 5.74) is 1.87. The Morgan fingerprint density at radius 2 is 2.07 bits per heavy atom. The number of hydrogen-bond acceptors (Lipinski definition) is 5. The van der Waals surface area contributed by atoms with Crippen molar-refractivity contribution < 1.29 is 19.1 Å². The molecule has 0 saturated heterocycles. The first-order chi connectivity index (χ1) is 13.0. The Morgan fingerprint density at radius 1 is 1.22 bits per heavy atom. The van der Waals surface area contributed by atoms with Gasteiger partial charge in [-0.3, -0.25) is 9.78 Å². The molecule has 0 atom stereocenters. The molecule has 0 aliphatic heterocycles. The summed E-state index contributed by atoms with van der Waals surface area (Å²) < 4.78 is 10.5. The van der Waals surface area contributed by atoms with Gasteiger partial charge in [-0.25, -0.2) is 4.79 Å². The summed E-state index contributed by atoms with van der Waals surface area (Å²) in [5.74, 6) is 0.0294. The third-order valence-corrected chi connectivity index (χ3v) is 3.45. The summed E-state index contributed by atoms with van der Waals surface area (Å²) >= 11 is 0. The fourth-order valence-corrected chi connectivity index (χ4v) is 2.27. The Bertz CT molecular complexity index is 773. The van der Waals surface area contributed by atoms with E-state index in [0.29, 0.717) is 18.7 Å². The Balaban J connectivity index is 1.75. The summed E-state index contributed by atoms with van der Waals surface area (Å²) in [6.07, 6.45) is 7.06. The first-order valence-corrected chi connectivity index (χ1v) is 8.80. The summed E-state index contributed by atoms with van der Waals surface area (Å²) in [7, 11) is 0. The molecule has 2 aromatic rings. The molecule has 6 heteroatoms. The van der Waals surface area contributed by atoms with Crippen LogP contribution in [0.4, 0.5) is 0 Å². The van der Waals surface area contributed by atoms with E-state index >= 15 is 0 Å². The molecule has 0 radical (unpaired) electrons. The van der Waals surface area contributed by atoms with E-state index in [-0.39, 0.29) is 18.6 Å². The van der Waals surface area contributed by atoms with Gasteiger partial charge in [0.15, 0.2) is 6.61 Å². The largest absolute Gasteiger partial charge is 0.482 e. The van der Waals surface area contributed by atoms with Crippen LogP contribution in [0.25, 0.3) is 6.08 Å². The number of aromatic nitrogens is 1. The number of carbonyl (C=O) groups is 2. The molecule has 2 rings (SSSR count). The van der Waals surface area contributed by atoms with Gasteiger partial charge < -0.3 is 14.8 Å². The van der Waals surface area contributed by atoms with Gasteiger partial charge in [0.25, 0.3) is 0 Å². The second kappa shape index (κ2) is 10.8. The van der Waals surface area contributed by atoms with Gasteiger partial charge in [-0.1, -0.05) is 18.2 Å². The number of rotatable bonds is 9. The number of carbonyl (C=O) groups excluding carboxylic acids is 2. The molecule has 0 spiro atoms. The van der Waals surface area contributed by atoms with E-state index in [1.807, 2.05) is 30.3 Å². The Hall–Kier alpha value is -3.15. The summed E-state index contributed by atoms with van der Waals surface area (Å²) in [6, 6.07) is 11.1. The Morgan fingerprint density at radius 3 is 2.81 bits per heavy atom. The van der Waals surface area contributed by atoms with E-state index in [2.05, 4.69) is 10.3 Å². The number of esters is 1. The molecule has 0 unspecified atom stereocenters. The molecule has 0 aliphatic carbocycles. The van der Waals surface area contributed by atoms with Crippen LogP contribution >= 0.6 is 0 Å². The summed E-state index contributed by atoms with van der Waals surface area (Å²) in [5, 5.41) is 2.83. The molecule has 0 aliphatic rings. The minimum atomic E-state index is -0.400. The van der Waals surface area contributed by atoms with E-state index < -0.39 is 5.97 Å². The summed E-state index contributed by atoms with van der Waals surface area (Å²) in [4.78, 5) is 27.4. The minimum Gasteiger partial charge on any atom is -0.482 e. The van der Waals surface area contributed by atoms with Crippen molar-refractivity contribution >= 4 is 18.0 Å². The average molecular weight is 368 g/mol. The van der Waals surface area contributed by atoms with Gasteiger partial charge in [0.05, 0.1) is 6.10 Å². The maximum atomic E-state index is 11.8. The van der Waals surface area contributed by atoms with Gasteiger partial charge in [-0.05, 0) is 55.7 Å². The van der Waals surface area contributed by atoms with Crippen LogP contribution in [-0.2, 0) is 20.7 Å². The molecule has 1 amide bonds. The predicted molar refractivity (Wildman–Crippen MR) is 103 cm³/mol. The van der Waals surface area contributed by atoms with Crippen LogP contribution in [0.5, 0.6) is 5.75 Å². The molecule has 1 heterocycles. The van der Waals surface area contributed by atoms with Crippen molar-refractivity contribution in [1.82, 2.24) is 10.3 Å². The van der Waals surface area contributed by atoms with Crippen LogP contribution < -0.4 is 10.1 Å². The zero-order valence-corrected chi connectivity index (χ0v) is 15.6. The molecular weight excluding hydrogens is 344 g/mol. The minimum absolute atomic E-state index is 0.127. The molecule has 0 fully saturated rings. The van der Waals surface area contributed by atoms with Crippen molar-refractivity contribution in [2.45, 2.75) is 26.4 Å². The molecule has 0 saturated carbocycles. The first-order valence-electron chi connectivity index (χ1n) is 8.80. The highest BCUT2D eigenvalue weighted by molar-refractivity contribution is 5.91. The fourth-order valence-electron chi connectivity index (χ4n) is 2.27. The third kappa shape index (κ3) is 8.18. The monoisotopic (exact) mass is 368 g/mol. The quantitative estimate of drug-likeness (QED) is 0.544. The lowest BCUT2D eigenvalue weighted by Crippen LogP contribution is -2.23. The highest BCUT2D eigenvalue weighted by Gasteiger charge is 2.07. The second-order valence-electron chi connectivity index (χ2n) is 6.14. The number of amides is 1. The number of ether oxygens (including phenoxy) is 2. The van der Waals surface area contributed by atoms with Crippen LogP contribution in [0.15, 0.2) is 54.9 Å². The van der Waals surface area contributed by atoms with Gasteiger partial charge in [-0.15, -0.1) is 0 Å². The Kier molecular flexibility index (Phi) is 8.03. The SMILES string of the molecule is CC(C)OC(=O)COc1cccc(CCNC(=O)C=Cc2cccnc2)c1. The molecule has 0 bridgehead atoms. The number of hydrogen-bond donors (Lipinski definition) is 1. The van der Waals surface area contributed by atoms with Gasteiger partial charge in [0.1, 0.15) is 5.75 Å². The topological polar surface area (TPSA) is 77.5 Å². The van der Waals surface area contributed by atoms with Crippen molar-refractivity contribution in [3.8, 4) is 5.75 Å². The lowest BCUT2D eigenvalue weighted by atomic mass is 10.1. The number of pyridine rings is 1. The van der Waals surface area contributed by atoms with Gasteiger partial charge >= 0.3 is 5.97 Å². The number of nitrogens with zero attached hydrogens (tertiary/aromatic N) is 1. The van der Waals surface area contributed by atoms with E-state index in [9.17, 15) is 9.59 Å². The fraction of sp³-hybridized carbons (Fsp3) is 0.286. The van der Waals surface area contributed by atoms with E-state index in [0.717, 1.165) is 11.1 Å². The van der Waals surface area contributed by atoms with E-state index in [1.165, 1.54) is 6.08 Å². The van der Waals surface area contributed by atoms with Crippen molar-refractivity contribution in [1.29, 1.82) is 0 Å². The van der Waals surface area contributed by atoms with Crippen molar-refractivity contribution in [3.05, 3.63) is 66.0 Å². The zero-order chi connectivity index (χ0) is 19.5. The molecule has 1 aromatic heterocycles. The zero-order valence-electron chi connectivity index (χ0n) is 15.6. The van der Waals surface area contributed by atoms with Crippen LogP contribution in [-0.4, -0.2) is 36.1 Å². The van der Waals surface area contributed by atoms with Gasteiger partial charge in [0.2, 0.25) is 5.91 Å². The summed E-state index contributed by atoms with van der Waals surface area (Å²) in [6.45, 7) is 3.95. The molecule has 1 aromatic carbocycles. The third-order valence-electron chi connectivity index (χ3n) is 3.45. The van der Waals surface area contributed by atoms with Gasteiger partial charge in [-0.2, -0.15) is 0 Å². The van der Waals surface area contributed by atoms with E-state index in [4.69, 9.17) is 9.47 Å².